The van der Waals surface area contributed by atoms with Gasteiger partial charge in [-0.25, -0.2) is 14.3 Å². The minimum Gasteiger partial charge on any atom is -0.391 e. The molecule has 1 heterocycles. The van der Waals surface area contributed by atoms with E-state index in [4.69, 9.17) is 5.14 Å². The highest BCUT2D eigenvalue weighted by molar-refractivity contribution is 9.10. The Hall–Kier alpha value is -1.55. The van der Waals surface area contributed by atoms with Crippen LogP contribution in [0.15, 0.2) is 39.8 Å². The molecule has 0 radical (unpaired) electrons. The number of benzene rings is 1. The van der Waals surface area contributed by atoms with Gasteiger partial charge in [0.05, 0.1) is 21.5 Å². The van der Waals surface area contributed by atoms with Crippen LogP contribution in [-0.2, 0) is 11.0 Å². The van der Waals surface area contributed by atoms with E-state index < -0.39 is 17.1 Å². The second-order valence-electron chi connectivity index (χ2n) is 5.01. The van der Waals surface area contributed by atoms with E-state index in [0.717, 1.165) is 5.69 Å². The predicted octanol–water partition coefficient (Wildman–Crippen LogP) is 2.15. The summed E-state index contributed by atoms with van der Waals surface area (Å²) in [6.07, 6.45) is 1.10. The fourth-order valence-corrected chi connectivity index (χ4v) is 2.38. The third-order valence-corrected chi connectivity index (χ3v) is 4.49. The molecule has 0 saturated carbocycles. The summed E-state index contributed by atoms with van der Waals surface area (Å²) >= 11 is 3.37. The molecule has 0 aliphatic heterocycles. The van der Waals surface area contributed by atoms with Gasteiger partial charge < -0.3 is 15.7 Å². The zero-order valence-electron chi connectivity index (χ0n) is 12.7. The average molecular weight is 400 g/mol. The molecule has 0 aliphatic rings. The summed E-state index contributed by atoms with van der Waals surface area (Å²) < 4.78 is 11.9. The molecule has 9 heteroatoms. The third-order valence-electron chi connectivity index (χ3n) is 3.17. The lowest BCUT2D eigenvalue weighted by Gasteiger charge is -2.18. The summed E-state index contributed by atoms with van der Waals surface area (Å²) in [5.41, 5.74) is 0.746. The number of anilines is 3. The lowest BCUT2D eigenvalue weighted by atomic mass is 10.2. The van der Waals surface area contributed by atoms with Crippen molar-refractivity contribution in [2.45, 2.75) is 30.9 Å². The topological polar surface area (TPSA) is 113 Å². The lowest BCUT2D eigenvalue weighted by molar-refractivity contribution is 0.177. The van der Waals surface area contributed by atoms with Crippen molar-refractivity contribution in [3.05, 3.63) is 34.9 Å². The monoisotopic (exact) mass is 399 g/mol. The number of nitrogens with one attached hydrogen (secondary N) is 2. The molecule has 0 bridgehead atoms. The van der Waals surface area contributed by atoms with Gasteiger partial charge in [0.2, 0.25) is 5.95 Å². The first-order valence-electron chi connectivity index (χ1n) is 6.87. The molecule has 0 amide bonds. The normalized spacial score (nSPS) is 14.8. The fourth-order valence-electron chi connectivity index (χ4n) is 1.67. The Bertz CT molecular complexity index is 696. The smallest absolute Gasteiger partial charge is 0.229 e. The van der Waals surface area contributed by atoms with Crippen LogP contribution in [0.5, 0.6) is 0 Å². The van der Waals surface area contributed by atoms with Gasteiger partial charge in [0, 0.05) is 11.9 Å². The Morgan fingerprint density at radius 1 is 1.30 bits per heavy atom. The molecule has 0 spiro atoms. The molecule has 2 aromatic rings. The van der Waals surface area contributed by atoms with Gasteiger partial charge in [0.1, 0.15) is 16.8 Å². The van der Waals surface area contributed by atoms with Crippen LogP contribution in [0.1, 0.15) is 13.8 Å². The Labute approximate surface area is 145 Å². The molecule has 0 aliphatic carbocycles. The Kier molecular flexibility index (Phi) is 6.05. The van der Waals surface area contributed by atoms with E-state index in [2.05, 4.69) is 36.5 Å². The minimum absolute atomic E-state index is 0.159. The van der Waals surface area contributed by atoms with Gasteiger partial charge in [0.15, 0.2) is 0 Å². The van der Waals surface area contributed by atoms with E-state index in [1.54, 1.807) is 37.4 Å². The molecular weight excluding hydrogens is 382 g/mol. The number of aromatic nitrogens is 2. The Morgan fingerprint density at radius 3 is 2.52 bits per heavy atom. The number of aliphatic hydroxyl groups is 1. The Balaban J connectivity index is 2.15. The van der Waals surface area contributed by atoms with E-state index in [0.29, 0.717) is 21.1 Å². The van der Waals surface area contributed by atoms with E-state index in [9.17, 15) is 9.32 Å². The number of hydrogen-bond acceptors (Lipinski definition) is 6. The summed E-state index contributed by atoms with van der Waals surface area (Å²) in [6, 6.07) is 6.68. The number of rotatable bonds is 6. The average Bonchev–Trinajstić information content (AvgIpc) is 2.51. The zero-order valence-corrected chi connectivity index (χ0v) is 15.1. The summed E-state index contributed by atoms with van der Waals surface area (Å²) in [4.78, 5) is 9.10. The summed E-state index contributed by atoms with van der Waals surface area (Å²) in [7, 11) is -1.50. The van der Waals surface area contributed by atoms with Crippen LogP contribution < -0.4 is 15.8 Å². The van der Waals surface area contributed by atoms with Gasteiger partial charge in [0.25, 0.3) is 0 Å². The molecule has 5 N–H and O–H groups in total. The van der Waals surface area contributed by atoms with Crippen molar-refractivity contribution in [1.29, 1.82) is 0 Å². The molecule has 1 aromatic carbocycles. The maximum Gasteiger partial charge on any atom is 0.229 e. The van der Waals surface area contributed by atoms with Gasteiger partial charge >= 0.3 is 0 Å². The van der Waals surface area contributed by atoms with Crippen LogP contribution in [0.3, 0.4) is 0 Å². The van der Waals surface area contributed by atoms with Gasteiger partial charge in [-0.1, -0.05) is 0 Å². The van der Waals surface area contributed by atoms with Gasteiger partial charge in [-0.3, -0.25) is 0 Å². The van der Waals surface area contributed by atoms with Crippen LogP contribution in [-0.4, -0.2) is 31.4 Å². The van der Waals surface area contributed by atoms with Crippen LogP contribution in [0.25, 0.3) is 0 Å². The highest BCUT2D eigenvalue weighted by Gasteiger charge is 2.12. The maximum absolute atomic E-state index is 11.2. The predicted molar refractivity (Wildman–Crippen MR) is 94.8 cm³/mol. The lowest BCUT2D eigenvalue weighted by Crippen LogP contribution is -2.28. The highest BCUT2D eigenvalue weighted by atomic mass is 79.9. The molecule has 2 rings (SSSR count). The van der Waals surface area contributed by atoms with Crippen molar-refractivity contribution in [3.63, 3.8) is 0 Å². The first-order valence-corrected chi connectivity index (χ1v) is 8.88. The number of nitrogens with zero attached hydrogens (tertiary/aromatic N) is 2. The first-order chi connectivity index (χ1) is 10.9. The van der Waals surface area contributed by atoms with Crippen molar-refractivity contribution in [1.82, 2.24) is 9.97 Å². The molecule has 0 fully saturated rings. The van der Waals surface area contributed by atoms with Crippen LogP contribution >= 0.6 is 15.9 Å². The number of hydrogen-bond donors (Lipinski definition) is 4. The number of aliphatic hydroxyl groups excluding tert-OH is 1. The molecule has 1 aromatic heterocycles. The second kappa shape index (κ2) is 7.82. The largest absolute Gasteiger partial charge is 0.391 e. The quantitative estimate of drug-likeness (QED) is 0.591. The standard InChI is InChI=1S/C14H18BrN5O2S/c1-8(9(2)21)18-13-12(15)7-17-14(20-13)19-10-3-5-11(6-4-10)23(16)22/h3-9,21H,16H2,1-2H3,(H2,17,18,19,20)/t8-,9-,23?/m1/s1. The van der Waals surface area contributed by atoms with Crippen molar-refractivity contribution in [3.8, 4) is 0 Å². The maximum atomic E-state index is 11.2. The second-order valence-corrected chi connectivity index (χ2v) is 6.93. The molecule has 1 unspecified atom stereocenters. The van der Waals surface area contributed by atoms with Gasteiger partial charge in [-0.15, -0.1) is 0 Å². The number of nitrogens with two attached hydrogens (primary N) is 1. The summed E-state index contributed by atoms with van der Waals surface area (Å²) in [5, 5.41) is 21.1. The van der Waals surface area contributed by atoms with Crippen molar-refractivity contribution >= 4 is 44.4 Å². The van der Waals surface area contributed by atoms with Gasteiger partial charge in [-0.2, -0.15) is 4.98 Å². The molecular formula is C14H18BrN5O2S. The van der Waals surface area contributed by atoms with E-state index in [1.165, 1.54) is 0 Å². The van der Waals surface area contributed by atoms with Crippen LogP contribution in [0, 0.1) is 0 Å². The molecule has 23 heavy (non-hydrogen) atoms. The zero-order chi connectivity index (χ0) is 17.0. The van der Waals surface area contributed by atoms with E-state index in [1.807, 2.05) is 6.92 Å². The van der Waals surface area contributed by atoms with E-state index in [-0.39, 0.29) is 6.04 Å². The summed E-state index contributed by atoms with van der Waals surface area (Å²) in [5.74, 6) is 0.977. The summed E-state index contributed by atoms with van der Waals surface area (Å²) in [6.45, 7) is 3.56. The fraction of sp³-hybridized carbons (Fsp3) is 0.286. The van der Waals surface area contributed by atoms with Crippen LogP contribution in [0.4, 0.5) is 17.5 Å². The minimum atomic E-state index is -1.50. The number of halogens is 1. The van der Waals surface area contributed by atoms with E-state index >= 15 is 0 Å². The Morgan fingerprint density at radius 2 is 1.96 bits per heavy atom. The molecule has 0 saturated heterocycles. The van der Waals surface area contributed by atoms with Gasteiger partial charge in [-0.05, 0) is 54.0 Å². The highest BCUT2D eigenvalue weighted by Crippen LogP contribution is 2.23. The van der Waals surface area contributed by atoms with Crippen molar-refractivity contribution in [2.24, 2.45) is 5.14 Å². The van der Waals surface area contributed by atoms with Crippen molar-refractivity contribution < 1.29 is 9.32 Å². The third kappa shape index (κ3) is 4.96. The molecule has 124 valence electrons. The molecule has 7 nitrogen and oxygen atoms in total. The molecule has 3 atom stereocenters. The van der Waals surface area contributed by atoms with Crippen molar-refractivity contribution in [2.75, 3.05) is 10.6 Å². The SMILES string of the molecule is C[C@@H](O)[C@@H](C)Nc1nc(Nc2ccc(S(N)=O)cc2)ncc1Br. The first kappa shape index (κ1) is 17.8. The van der Waals surface area contributed by atoms with Crippen LogP contribution in [0.2, 0.25) is 0 Å².